The van der Waals surface area contributed by atoms with Crippen LogP contribution in [0.4, 0.5) is 11.4 Å². The standard InChI is InChI=1S/C17H16N4O5S/c22-10-9-18-15(23)11-5-1-3-7-13(11)19-17(27)20-16(24)12-6-2-4-8-14(12)21(25)26/h1-8,22H,9-10H2,(H,18,23)(H2,19,20,24,27). The zero-order valence-corrected chi connectivity index (χ0v) is 14.8. The zero-order chi connectivity index (χ0) is 19.8. The van der Waals surface area contributed by atoms with Crippen LogP contribution in [0.1, 0.15) is 20.7 Å². The van der Waals surface area contributed by atoms with Crippen molar-refractivity contribution in [2.24, 2.45) is 0 Å². The molecule has 0 aliphatic rings. The molecule has 0 radical (unpaired) electrons. The lowest BCUT2D eigenvalue weighted by atomic mass is 10.1. The van der Waals surface area contributed by atoms with Gasteiger partial charge in [0.1, 0.15) is 5.56 Å². The van der Waals surface area contributed by atoms with Gasteiger partial charge in [0.05, 0.1) is 22.8 Å². The molecule has 9 nitrogen and oxygen atoms in total. The molecule has 10 heteroatoms. The molecule has 0 atom stereocenters. The van der Waals surface area contributed by atoms with Crippen molar-refractivity contribution in [1.82, 2.24) is 10.6 Å². The number of carbonyl (C=O) groups is 2. The van der Waals surface area contributed by atoms with E-state index in [0.717, 1.165) is 0 Å². The number of thiocarbonyl (C=S) groups is 1. The van der Waals surface area contributed by atoms with Crippen LogP contribution in [-0.2, 0) is 0 Å². The molecular weight excluding hydrogens is 372 g/mol. The summed E-state index contributed by atoms with van der Waals surface area (Å²) in [4.78, 5) is 34.7. The summed E-state index contributed by atoms with van der Waals surface area (Å²) in [5, 5.41) is 27.3. The molecule has 4 N–H and O–H groups in total. The third-order valence-corrected chi connectivity index (χ3v) is 3.59. The number of nitro benzene ring substituents is 1. The molecule has 2 rings (SSSR count). The van der Waals surface area contributed by atoms with E-state index < -0.39 is 16.7 Å². The van der Waals surface area contributed by atoms with Crippen LogP contribution in [0.5, 0.6) is 0 Å². The summed E-state index contributed by atoms with van der Waals surface area (Å²) < 4.78 is 0. The molecule has 0 aromatic heterocycles. The first-order valence-electron chi connectivity index (χ1n) is 7.78. The van der Waals surface area contributed by atoms with E-state index in [4.69, 9.17) is 17.3 Å². The second-order valence-corrected chi connectivity index (χ2v) is 5.62. The normalized spacial score (nSPS) is 9.96. The summed E-state index contributed by atoms with van der Waals surface area (Å²) in [6, 6.07) is 11.9. The number of nitrogens with zero attached hydrogens (tertiary/aromatic N) is 1. The Labute approximate surface area is 159 Å². The highest BCUT2D eigenvalue weighted by atomic mass is 32.1. The fourth-order valence-electron chi connectivity index (χ4n) is 2.20. The monoisotopic (exact) mass is 388 g/mol. The van der Waals surface area contributed by atoms with E-state index in [0.29, 0.717) is 5.69 Å². The van der Waals surface area contributed by atoms with Crippen molar-refractivity contribution >= 4 is 40.5 Å². The molecule has 0 heterocycles. The fourth-order valence-corrected chi connectivity index (χ4v) is 2.41. The first kappa shape index (κ1) is 19.9. The van der Waals surface area contributed by atoms with Crippen LogP contribution in [0.3, 0.4) is 0 Å². The SMILES string of the molecule is O=C(NCCO)c1ccccc1NC(=S)NC(=O)c1ccccc1[N+](=O)[O-]. The lowest BCUT2D eigenvalue weighted by Crippen LogP contribution is -2.35. The predicted octanol–water partition coefficient (Wildman–Crippen LogP) is 1.44. The Morgan fingerprint density at radius 3 is 2.33 bits per heavy atom. The fraction of sp³-hybridized carbons (Fsp3) is 0.118. The van der Waals surface area contributed by atoms with Gasteiger partial charge >= 0.3 is 0 Å². The molecule has 0 saturated carbocycles. The highest BCUT2D eigenvalue weighted by Crippen LogP contribution is 2.18. The summed E-state index contributed by atoms with van der Waals surface area (Å²) in [5.41, 5.74) is 0.108. The van der Waals surface area contributed by atoms with E-state index >= 15 is 0 Å². The highest BCUT2D eigenvalue weighted by molar-refractivity contribution is 7.80. The number of anilines is 1. The lowest BCUT2D eigenvalue weighted by molar-refractivity contribution is -0.385. The first-order valence-corrected chi connectivity index (χ1v) is 8.18. The van der Waals surface area contributed by atoms with Crippen molar-refractivity contribution in [1.29, 1.82) is 0 Å². The predicted molar refractivity (Wildman–Crippen MR) is 103 cm³/mol. The van der Waals surface area contributed by atoms with Gasteiger partial charge in [-0.3, -0.25) is 25.0 Å². The molecule has 0 spiro atoms. The number of rotatable bonds is 6. The van der Waals surface area contributed by atoms with Gasteiger partial charge in [-0.05, 0) is 30.4 Å². The molecule has 0 aliphatic heterocycles. The Balaban J connectivity index is 2.12. The van der Waals surface area contributed by atoms with Crippen LogP contribution in [0.25, 0.3) is 0 Å². The third kappa shape index (κ3) is 5.30. The Hall–Kier alpha value is -3.37. The number of benzene rings is 2. The quantitative estimate of drug-likeness (QED) is 0.334. The number of hydrogen-bond donors (Lipinski definition) is 4. The van der Waals surface area contributed by atoms with Gasteiger partial charge in [-0.1, -0.05) is 24.3 Å². The minimum Gasteiger partial charge on any atom is -0.395 e. The average Bonchev–Trinajstić information content (AvgIpc) is 2.66. The van der Waals surface area contributed by atoms with Crippen LogP contribution in [0.15, 0.2) is 48.5 Å². The van der Waals surface area contributed by atoms with Gasteiger partial charge in [-0.15, -0.1) is 0 Å². The molecule has 2 aromatic rings. The minimum absolute atomic E-state index is 0.0893. The Morgan fingerprint density at radius 1 is 1.04 bits per heavy atom. The van der Waals surface area contributed by atoms with Gasteiger partial charge in [0.25, 0.3) is 17.5 Å². The molecule has 0 unspecified atom stereocenters. The van der Waals surface area contributed by atoms with Crippen LogP contribution in [0, 0.1) is 10.1 Å². The molecule has 0 bridgehead atoms. The second kappa shape index (κ2) is 9.36. The van der Waals surface area contributed by atoms with Gasteiger partial charge in [0.2, 0.25) is 0 Å². The van der Waals surface area contributed by atoms with Crippen molar-refractivity contribution < 1.29 is 19.6 Å². The highest BCUT2D eigenvalue weighted by Gasteiger charge is 2.20. The number of aliphatic hydroxyl groups is 1. The number of amides is 2. The van der Waals surface area contributed by atoms with Crippen molar-refractivity contribution in [3.05, 3.63) is 69.8 Å². The summed E-state index contributed by atoms with van der Waals surface area (Å²) in [6.45, 7) is -0.113. The van der Waals surface area contributed by atoms with Crippen molar-refractivity contribution in [2.75, 3.05) is 18.5 Å². The number of nitro groups is 1. The Bertz CT molecular complexity index is 887. The number of nitrogens with one attached hydrogen (secondary N) is 3. The first-order chi connectivity index (χ1) is 12.9. The number of hydrogen-bond acceptors (Lipinski definition) is 6. The summed E-state index contributed by atoms with van der Waals surface area (Å²) in [5.74, 6) is -1.18. The van der Waals surface area contributed by atoms with Crippen LogP contribution in [-0.4, -0.2) is 40.1 Å². The Morgan fingerprint density at radius 2 is 1.67 bits per heavy atom. The van der Waals surface area contributed by atoms with Gasteiger partial charge in [-0.25, -0.2) is 0 Å². The maximum Gasteiger partial charge on any atom is 0.282 e. The van der Waals surface area contributed by atoms with E-state index in [1.54, 1.807) is 24.3 Å². The van der Waals surface area contributed by atoms with E-state index in [1.807, 2.05) is 0 Å². The van der Waals surface area contributed by atoms with E-state index in [9.17, 15) is 19.7 Å². The molecule has 27 heavy (non-hydrogen) atoms. The molecule has 0 fully saturated rings. The summed E-state index contributed by atoms with van der Waals surface area (Å²) in [6.07, 6.45) is 0. The number of aliphatic hydroxyl groups excluding tert-OH is 1. The van der Waals surface area contributed by atoms with Crippen molar-refractivity contribution in [3.8, 4) is 0 Å². The molecule has 140 valence electrons. The van der Waals surface area contributed by atoms with Gasteiger partial charge < -0.3 is 15.7 Å². The smallest absolute Gasteiger partial charge is 0.282 e. The molecule has 0 aliphatic carbocycles. The average molecular weight is 388 g/mol. The van der Waals surface area contributed by atoms with Gasteiger partial charge in [0, 0.05) is 12.6 Å². The van der Waals surface area contributed by atoms with E-state index in [2.05, 4.69) is 16.0 Å². The summed E-state index contributed by atoms with van der Waals surface area (Å²) >= 11 is 5.07. The number of para-hydroxylation sites is 2. The third-order valence-electron chi connectivity index (χ3n) is 3.39. The molecule has 2 amide bonds. The largest absolute Gasteiger partial charge is 0.395 e. The van der Waals surface area contributed by atoms with E-state index in [1.165, 1.54) is 24.3 Å². The zero-order valence-electron chi connectivity index (χ0n) is 14.0. The maximum absolute atomic E-state index is 12.3. The topological polar surface area (TPSA) is 134 Å². The van der Waals surface area contributed by atoms with Crippen molar-refractivity contribution in [2.45, 2.75) is 0 Å². The Kier molecular flexibility index (Phi) is 6.92. The molecule has 2 aromatic carbocycles. The summed E-state index contributed by atoms with van der Waals surface area (Å²) in [7, 11) is 0. The minimum atomic E-state index is -0.748. The van der Waals surface area contributed by atoms with E-state index in [-0.39, 0.29) is 35.1 Å². The molecular formula is C17H16N4O5S. The van der Waals surface area contributed by atoms with Crippen LogP contribution in [0.2, 0.25) is 0 Å². The second-order valence-electron chi connectivity index (χ2n) is 5.21. The molecule has 0 saturated heterocycles. The maximum atomic E-state index is 12.3. The van der Waals surface area contributed by atoms with Crippen LogP contribution >= 0.6 is 12.2 Å². The lowest BCUT2D eigenvalue weighted by Gasteiger charge is -2.13. The van der Waals surface area contributed by atoms with Crippen molar-refractivity contribution in [3.63, 3.8) is 0 Å². The van der Waals surface area contributed by atoms with Crippen LogP contribution < -0.4 is 16.0 Å². The van der Waals surface area contributed by atoms with Gasteiger partial charge in [-0.2, -0.15) is 0 Å². The van der Waals surface area contributed by atoms with Gasteiger partial charge in [0.15, 0.2) is 5.11 Å². The number of carbonyl (C=O) groups excluding carboxylic acids is 2.